The van der Waals surface area contributed by atoms with Gasteiger partial charge in [0.1, 0.15) is 18.9 Å². The first-order valence-corrected chi connectivity index (χ1v) is 10.6. The zero-order valence-electron chi connectivity index (χ0n) is 18.0. The molecule has 4 rings (SSSR count). The second-order valence-electron chi connectivity index (χ2n) is 7.54. The number of hydrogen-bond acceptors (Lipinski definition) is 3. The van der Waals surface area contributed by atoms with Crippen LogP contribution in [0.25, 0.3) is 10.9 Å². The summed E-state index contributed by atoms with van der Waals surface area (Å²) in [4.78, 5) is 12.4. The standard InChI is InChI=1S/C27H27NO3/c1-3-30-26(29)18-28-20(2)24(17-21-11-6-4-7-12-21)23-15-10-16-25(27(23)28)31-19-22-13-8-5-9-14-22/h4-16H,3,17-19H2,1-2H3. The Balaban J connectivity index is 1.77. The predicted octanol–water partition coefficient (Wildman–Crippen LogP) is 5.68. The quantitative estimate of drug-likeness (QED) is 0.349. The van der Waals surface area contributed by atoms with Crippen molar-refractivity contribution in [2.75, 3.05) is 6.61 Å². The van der Waals surface area contributed by atoms with Gasteiger partial charge in [-0.25, -0.2) is 0 Å². The fourth-order valence-corrected chi connectivity index (χ4v) is 3.98. The first-order chi connectivity index (χ1) is 15.2. The lowest BCUT2D eigenvalue weighted by Crippen LogP contribution is -2.15. The number of para-hydroxylation sites is 1. The van der Waals surface area contributed by atoms with Crippen molar-refractivity contribution in [1.82, 2.24) is 4.57 Å². The van der Waals surface area contributed by atoms with E-state index < -0.39 is 0 Å². The molecule has 0 N–H and O–H groups in total. The van der Waals surface area contributed by atoms with Crippen LogP contribution in [-0.4, -0.2) is 17.1 Å². The molecule has 0 spiro atoms. The van der Waals surface area contributed by atoms with Crippen molar-refractivity contribution in [3.63, 3.8) is 0 Å². The molecular weight excluding hydrogens is 386 g/mol. The van der Waals surface area contributed by atoms with Crippen LogP contribution in [0.15, 0.2) is 78.9 Å². The van der Waals surface area contributed by atoms with Crippen molar-refractivity contribution in [3.05, 3.63) is 101 Å². The molecule has 0 atom stereocenters. The predicted molar refractivity (Wildman–Crippen MR) is 123 cm³/mol. The lowest BCUT2D eigenvalue weighted by Gasteiger charge is -2.12. The van der Waals surface area contributed by atoms with E-state index in [0.29, 0.717) is 13.2 Å². The van der Waals surface area contributed by atoms with E-state index in [4.69, 9.17) is 9.47 Å². The van der Waals surface area contributed by atoms with Gasteiger partial charge in [0.2, 0.25) is 0 Å². The van der Waals surface area contributed by atoms with Gasteiger partial charge in [0.05, 0.1) is 12.1 Å². The number of esters is 1. The summed E-state index contributed by atoms with van der Waals surface area (Å²) in [5, 5.41) is 1.11. The smallest absolute Gasteiger partial charge is 0.325 e. The van der Waals surface area contributed by atoms with Gasteiger partial charge in [-0.1, -0.05) is 72.8 Å². The fourth-order valence-electron chi connectivity index (χ4n) is 3.98. The van der Waals surface area contributed by atoms with Crippen molar-refractivity contribution in [2.24, 2.45) is 0 Å². The first-order valence-electron chi connectivity index (χ1n) is 10.6. The Kier molecular flexibility index (Phi) is 6.37. The molecule has 0 bridgehead atoms. The highest BCUT2D eigenvalue weighted by Gasteiger charge is 2.20. The van der Waals surface area contributed by atoms with Crippen molar-refractivity contribution in [3.8, 4) is 5.75 Å². The van der Waals surface area contributed by atoms with Crippen LogP contribution in [-0.2, 0) is 29.1 Å². The summed E-state index contributed by atoms with van der Waals surface area (Å²) >= 11 is 0. The molecule has 0 aliphatic carbocycles. The molecule has 1 heterocycles. The van der Waals surface area contributed by atoms with E-state index in [1.807, 2.05) is 60.0 Å². The SMILES string of the molecule is CCOC(=O)Cn1c(C)c(Cc2ccccc2)c2cccc(OCc3ccccc3)c21. The third-order valence-corrected chi connectivity index (χ3v) is 5.49. The van der Waals surface area contributed by atoms with Gasteiger partial charge in [0.15, 0.2) is 0 Å². The van der Waals surface area contributed by atoms with E-state index in [9.17, 15) is 4.79 Å². The molecule has 0 saturated carbocycles. The molecule has 0 aliphatic rings. The van der Waals surface area contributed by atoms with Crippen molar-refractivity contribution < 1.29 is 14.3 Å². The number of benzene rings is 3. The van der Waals surface area contributed by atoms with Gasteiger partial charge in [-0.05, 0) is 43.0 Å². The summed E-state index contributed by atoms with van der Waals surface area (Å²) in [6.45, 7) is 4.89. The summed E-state index contributed by atoms with van der Waals surface area (Å²) in [7, 11) is 0. The summed E-state index contributed by atoms with van der Waals surface area (Å²) in [5.41, 5.74) is 5.54. The minimum atomic E-state index is -0.244. The summed E-state index contributed by atoms with van der Waals surface area (Å²) in [6, 6.07) is 26.6. The monoisotopic (exact) mass is 413 g/mol. The number of rotatable bonds is 8. The van der Waals surface area contributed by atoms with Crippen LogP contribution in [0.3, 0.4) is 0 Å². The molecule has 3 aromatic carbocycles. The molecule has 31 heavy (non-hydrogen) atoms. The van der Waals surface area contributed by atoms with Gasteiger partial charge in [-0.15, -0.1) is 0 Å². The Morgan fingerprint density at radius 1 is 0.871 bits per heavy atom. The molecule has 158 valence electrons. The molecule has 0 unspecified atom stereocenters. The van der Waals surface area contributed by atoms with Gasteiger partial charge < -0.3 is 14.0 Å². The molecule has 1 aromatic heterocycles. The maximum atomic E-state index is 12.4. The zero-order chi connectivity index (χ0) is 21.6. The number of hydrogen-bond donors (Lipinski definition) is 0. The number of ether oxygens (including phenoxy) is 2. The summed E-state index contributed by atoms with van der Waals surface area (Å²) in [5.74, 6) is 0.527. The van der Waals surface area contributed by atoms with Crippen molar-refractivity contribution in [2.45, 2.75) is 33.4 Å². The molecule has 4 nitrogen and oxygen atoms in total. The van der Waals surface area contributed by atoms with E-state index in [1.54, 1.807) is 0 Å². The summed E-state index contributed by atoms with van der Waals surface area (Å²) in [6.07, 6.45) is 0.793. The molecular formula is C27H27NO3. The van der Waals surface area contributed by atoms with Crippen LogP contribution in [0.2, 0.25) is 0 Å². The number of carbonyl (C=O) groups is 1. The highest BCUT2D eigenvalue weighted by atomic mass is 16.5. The maximum Gasteiger partial charge on any atom is 0.325 e. The third kappa shape index (κ3) is 4.64. The Morgan fingerprint density at radius 3 is 2.23 bits per heavy atom. The van der Waals surface area contributed by atoms with Crippen LogP contribution in [0, 0.1) is 6.92 Å². The second-order valence-corrected chi connectivity index (χ2v) is 7.54. The Morgan fingerprint density at radius 2 is 1.55 bits per heavy atom. The van der Waals surface area contributed by atoms with E-state index in [1.165, 1.54) is 11.1 Å². The average Bonchev–Trinajstić information content (AvgIpc) is 3.05. The van der Waals surface area contributed by atoms with Gasteiger partial charge in [0, 0.05) is 11.1 Å². The van der Waals surface area contributed by atoms with Crippen LogP contribution >= 0.6 is 0 Å². The van der Waals surface area contributed by atoms with E-state index in [-0.39, 0.29) is 12.5 Å². The van der Waals surface area contributed by atoms with E-state index in [0.717, 1.165) is 34.3 Å². The first kappa shape index (κ1) is 20.7. The molecule has 0 aliphatic heterocycles. The minimum absolute atomic E-state index is 0.163. The zero-order valence-corrected chi connectivity index (χ0v) is 18.0. The molecule has 0 amide bonds. The van der Waals surface area contributed by atoms with Gasteiger partial charge >= 0.3 is 5.97 Å². The third-order valence-electron chi connectivity index (χ3n) is 5.49. The normalized spacial score (nSPS) is 10.9. The highest BCUT2D eigenvalue weighted by molar-refractivity contribution is 5.92. The van der Waals surface area contributed by atoms with Gasteiger partial charge in [-0.2, -0.15) is 0 Å². The molecule has 0 saturated heterocycles. The van der Waals surface area contributed by atoms with Crippen molar-refractivity contribution in [1.29, 1.82) is 0 Å². The van der Waals surface area contributed by atoms with E-state index >= 15 is 0 Å². The number of nitrogens with zero attached hydrogens (tertiary/aromatic N) is 1. The molecule has 0 radical (unpaired) electrons. The lowest BCUT2D eigenvalue weighted by atomic mass is 10.0. The van der Waals surface area contributed by atoms with Gasteiger partial charge in [0.25, 0.3) is 0 Å². The Hall–Kier alpha value is -3.53. The van der Waals surface area contributed by atoms with Crippen LogP contribution in [0.1, 0.15) is 29.3 Å². The molecule has 0 fully saturated rings. The largest absolute Gasteiger partial charge is 0.487 e. The molecule has 4 aromatic rings. The van der Waals surface area contributed by atoms with Gasteiger partial charge in [-0.3, -0.25) is 4.79 Å². The Labute approximate surface area is 183 Å². The van der Waals surface area contributed by atoms with Crippen LogP contribution < -0.4 is 4.74 Å². The lowest BCUT2D eigenvalue weighted by molar-refractivity contribution is -0.143. The highest BCUT2D eigenvalue weighted by Crippen LogP contribution is 2.34. The fraction of sp³-hybridized carbons (Fsp3) is 0.222. The maximum absolute atomic E-state index is 12.4. The van der Waals surface area contributed by atoms with E-state index in [2.05, 4.69) is 37.3 Å². The minimum Gasteiger partial charge on any atom is -0.487 e. The summed E-state index contributed by atoms with van der Waals surface area (Å²) < 4.78 is 13.5. The number of carbonyl (C=O) groups excluding carboxylic acids is 1. The number of fused-ring (bicyclic) bond motifs is 1. The van der Waals surface area contributed by atoms with Crippen LogP contribution in [0.5, 0.6) is 5.75 Å². The average molecular weight is 414 g/mol. The number of aromatic nitrogens is 1. The Bertz CT molecular complexity index is 1160. The molecule has 4 heteroatoms. The van der Waals surface area contributed by atoms with Crippen LogP contribution in [0.4, 0.5) is 0 Å². The van der Waals surface area contributed by atoms with Crippen molar-refractivity contribution >= 4 is 16.9 Å². The topological polar surface area (TPSA) is 40.5 Å². The second kappa shape index (κ2) is 9.52.